The molecule has 2 aromatic heterocycles. The third-order valence-corrected chi connectivity index (χ3v) is 3.87. The molecule has 1 aliphatic carbocycles. The largest absolute Gasteiger partial charge is 0.340 e. The van der Waals surface area contributed by atoms with E-state index in [1.807, 2.05) is 35.0 Å². The zero-order valence-corrected chi connectivity index (χ0v) is 12.2. The number of allylic oxidation sites excluding steroid dienone is 4. The van der Waals surface area contributed by atoms with Gasteiger partial charge in [0.05, 0.1) is 11.7 Å². The van der Waals surface area contributed by atoms with Crippen molar-refractivity contribution in [3.63, 3.8) is 0 Å². The highest BCUT2D eigenvalue weighted by Gasteiger charge is 2.08. The van der Waals surface area contributed by atoms with Crippen molar-refractivity contribution in [3.8, 4) is 0 Å². The van der Waals surface area contributed by atoms with Crippen LogP contribution in [-0.4, -0.2) is 9.61 Å². The van der Waals surface area contributed by atoms with E-state index in [0.717, 1.165) is 29.9 Å². The second kappa shape index (κ2) is 5.53. The van der Waals surface area contributed by atoms with Gasteiger partial charge in [0.25, 0.3) is 0 Å². The lowest BCUT2D eigenvalue weighted by molar-refractivity contribution is 0.967. The number of nitrogens with zero attached hydrogens (tertiary/aromatic N) is 2. The molecule has 22 heavy (non-hydrogen) atoms. The minimum atomic E-state index is 0.976. The number of anilines is 2. The van der Waals surface area contributed by atoms with Crippen LogP contribution in [0.2, 0.25) is 0 Å². The average Bonchev–Trinajstić information content (AvgIpc) is 3.05. The van der Waals surface area contributed by atoms with Gasteiger partial charge in [0.1, 0.15) is 5.82 Å². The Bertz CT molecular complexity index is 857. The monoisotopic (exact) mass is 287 g/mol. The second-order valence-corrected chi connectivity index (χ2v) is 5.43. The van der Waals surface area contributed by atoms with Crippen molar-refractivity contribution in [2.75, 3.05) is 5.32 Å². The summed E-state index contributed by atoms with van der Waals surface area (Å²) in [4.78, 5) is 0. The minimum Gasteiger partial charge on any atom is -0.340 e. The highest BCUT2D eigenvalue weighted by atomic mass is 15.3. The van der Waals surface area contributed by atoms with Crippen molar-refractivity contribution in [1.82, 2.24) is 9.61 Å². The van der Waals surface area contributed by atoms with Gasteiger partial charge in [0.15, 0.2) is 0 Å². The van der Waals surface area contributed by atoms with Gasteiger partial charge >= 0.3 is 0 Å². The third-order valence-electron chi connectivity index (χ3n) is 3.87. The molecule has 4 rings (SSSR count). The average molecular weight is 287 g/mol. The minimum absolute atomic E-state index is 0.976. The molecule has 1 N–H and O–H groups in total. The van der Waals surface area contributed by atoms with E-state index < -0.39 is 0 Å². The fourth-order valence-corrected chi connectivity index (χ4v) is 2.79. The van der Waals surface area contributed by atoms with Crippen LogP contribution in [0.4, 0.5) is 11.5 Å². The molecule has 3 nitrogen and oxygen atoms in total. The van der Waals surface area contributed by atoms with E-state index in [1.165, 1.54) is 11.1 Å². The van der Waals surface area contributed by atoms with Crippen molar-refractivity contribution in [1.29, 1.82) is 0 Å². The van der Waals surface area contributed by atoms with Crippen LogP contribution in [0.25, 0.3) is 11.1 Å². The molecular formula is C19H17N3. The van der Waals surface area contributed by atoms with Gasteiger partial charge in [-0.2, -0.15) is 5.10 Å². The van der Waals surface area contributed by atoms with Gasteiger partial charge in [-0.1, -0.05) is 36.4 Å². The molecule has 1 aromatic carbocycles. The standard InChI is InChI=1S/C19H17N3/c1-3-7-15(8-4-1)16-13-18-11-12-20-22(18)19(14-16)21-17-9-5-2-6-10-17/h2-3,5-14,21H,1,4H2. The van der Waals surface area contributed by atoms with Gasteiger partial charge in [-0.05, 0) is 54.3 Å². The molecule has 1 aliphatic rings. The van der Waals surface area contributed by atoms with E-state index in [9.17, 15) is 0 Å². The molecule has 0 aliphatic heterocycles. The van der Waals surface area contributed by atoms with Gasteiger partial charge < -0.3 is 5.32 Å². The van der Waals surface area contributed by atoms with Gasteiger partial charge in [-0.25, -0.2) is 4.52 Å². The fourth-order valence-electron chi connectivity index (χ4n) is 2.79. The summed E-state index contributed by atoms with van der Waals surface area (Å²) >= 11 is 0. The van der Waals surface area contributed by atoms with Crippen LogP contribution >= 0.6 is 0 Å². The number of aromatic nitrogens is 2. The SMILES string of the molecule is C1=CC(c2cc(Nc3ccccc3)n3nccc3c2)=CCC1. The van der Waals surface area contributed by atoms with Crippen molar-refractivity contribution in [2.45, 2.75) is 12.8 Å². The first-order chi connectivity index (χ1) is 10.9. The van der Waals surface area contributed by atoms with Gasteiger partial charge in [0.2, 0.25) is 0 Å². The quantitative estimate of drug-likeness (QED) is 0.749. The first-order valence-corrected chi connectivity index (χ1v) is 7.57. The van der Waals surface area contributed by atoms with Gasteiger partial charge in [0, 0.05) is 5.69 Å². The molecule has 0 radical (unpaired) electrons. The van der Waals surface area contributed by atoms with Crippen LogP contribution in [0.1, 0.15) is 18.4 Å². The first kappa shape index (κ1) is 12.9. The smallest absolute Gasteiger partial charge is 0.133 e. The molecule has 0 bridgehead atoms. The van der Waals surface area contributed by atoms with E-state index in [2.05, 4.69) is 52.9 Å². The maximum Gasteiger partial charge on any atom is 0.133 e. The molecular weight excluding hydrogens is 270 g/mol. The lowest BCUT2D eigenvalue weighted by Gasteiger charge is -2.13. The van der Waals surface area contributed by atoms with Crippen molar-refractivity contribution in [2.24, 2.45) is 0 Å². The highest BCUT2D eigenvalue weighted by molar-refractivity contribution is 5.79. The van der Waals surface area contributed by atoms with E-state index in [1.54, 1.807) is 0 Å². The highest BCUT2D eigenvalue weighted by Crippen LogP contribution is 2.27. The number of rotatable bonds is 3. The molecule has 2 heterocycles. The zero-order chi connectivity index (χ0) is 14.8. The van der Waals surface area contributed by atoms with Crippen LogP contribution in [0.3, 0.4) is 0 Å². The maximum atomic E-state index is 4.42. The summed E-state index contributed by atoms with van der Waals surface area (Å²) in [5, 5.41) is 7.88. The van der Waals surface area contributed by atoms with Crippen LogP contribution in [0, 0.1) is 0 Å². The Balaban J connectivity index is 1.80. The maximum absolute atomic E-state index is 4.42. The fraction of sp³-hybridized carbons (Fsp3) is 0.105. The van der Waals surface area contributed by atoms with Crippen molar-refractivity contribution >= 4 is 22.6 Å². The van der Waals surface area contributed by atoms with Crippen molar-refractivity contribution < 1.29 is 0 Å². The van der Waals surface area contributed by atoms with Crippen LogP contribution in [-0.2, 0) is 0 Å². The molecule has 0 unspecified atom stereocenters. The normalized spacial score (nSPS) is 14.1. The summed E-state index contributed by atoms with van der Waals surface area (Å²) < 4.78 is 1.93. The number of pyridine rings is 1. The lowest BCUT2D eigenvalue weighted by atomic mass is 10.00. The van der Waals surface area contributed by atoms with E-state index >= 15 is 0 Å². The molecule has 0 amide bonds. The number of hydrogen-bond donors (Lipinski definition) is 1. The van der Waals surface area contributed by atoms with Gasteiger partial charge in [-0.3, -0.25) is 0 Å². The topological polar surface area (TPSA) is 29.3 Å². The Labute approximate surface area is 129 Å². The molecule has 3 heteroatoms. The summed E-state index contributed by atoms with van der Waals surface area (Å²) in [5.41, 5.74) is 4.66. The number of nitrogens with one attached hydrogen (secondary N) is 1. The van der Waals surface area contributed by atoms with E-state index in [0.29, 0.717) is 0 Å². The molecule has 0 fully saturated rings. The molecule has 108 valence electrons. The number of fused-ring (bicyclic) bond motifs is 1. The lowest BCUT2D eigenvalue weighted by Crippen LogP contribution is -2.01. The van der Waals surface area contributed by atoms with Crippen molar-refractivity contribution in [3.05, 3.63) is 78.5 Å². The summed E-state index contributed by atoms with van der Waals surface area (Å²) in [5.74, 6) is 0.976. The molecule has 0 atom stereocenters. The Kier molecular flexibility index (Phi) is 3.24. The number of benzene rings is 1. The molecule has 3 aromatic rings. The Morgan fingerprint density at radius 1 is 1.00 bits per heavy atom. The third kappa shape index (κ3) is 2.42. The predicted molar refractivity (Wildman–Crippen MR) is 91.3 cm³/mol. The second-order valence-electron chi connectivity index (χ2n) is 5.43. The number of hydrogen-bond acceptors (Lipinski definition) is 2. The van der Waals surface area contributed by atoms with E-state index in [-0.39, 0.29) is 0 Å². The molecule has 0 saturated carbocycles. The summed E-state index contributed by atoms with van der Waals surface area (Å²) in [6.07, 6.45) is 10.8. The van der Waals surface area contributed by atoms with Crippen LogP contribution < -0.4 is 5.32 Å². The Hall–Kier alpha value is -2.81. The predicted octanol–water partition coefficient (Wildman–Crippen LogP) is 4.81. The molecule has 0 spiro atoms. The number of para-hydroxylation sites is 1. The summed E-state index contributed by atoms with van der Waals surface area (Å²) in [6.45, 7) is 0. The van der Waals surface area contributed by atoms with E-state index in [4.69, 9.17) is 0 Å². The Morgan fingerprint density at radius 2 is 1.91 bits per heavy atom. The first-order valence-electron chi connectivity index (χ1n) is 7.57. The van der Waals surface area contributed by atoms with Crippen LogP contribution in [0.15, 0.2) is 73.0 Å². The van der Waals surface area contributed by atoms with Crippen LogP contribution in [0.5, 0.6) is 0 Å². The molecule has 0 saturated heterocycles. The Morgan fingerprint density at radius 3 is 2.73 bits per heavy atom. The summed E-state index contributed by atoms with van der Waals surface area (Å²) in [7, 11) is 0. The summed E-state index contributed by atoms with van der Waals surface area (Å²) in [6, 6.07) is 16.6. The van der Waals surface area contributed by atoms with Gasteiger partial charge in [-0.15, -0.1) is 0 Å². The zero-order valence-electron chi connectivity index (χ0n) is 12.2.